The van der Waals surface area contributed by atoms with Gasteiger partial charge in [-0.2, -0.15) is 0 Å². The molecular formula is C27H28N4O2. The first-order valence-electron chi connectivity index (χ1n) is 11.7. The zero-order valence-corrected chi connectivity index (χ0v) is 18.5. The summed E-state index contributed by atoms with van der Waals surface area (Å²) in [5.74, 6) is 0.918. The minimum Gasteiger partial charge on any atom is -0.338 e. The number of carbonyl (C=O) groups is 2. The summed E-state index contributed by atoms with van der Waals surface area (Å²) < 4.78 is 0. The van der Waals surface area contributed by atoms with Crippen LogP contribution < -0.4 is 10.6 Å². The van der Waals surface area contributed by atoms with Gasteiger partial charge in [-0.3, -0.25) is 9.59 Å². The fourth-order valence-corrected chi connectivity index (χ4v) is 4.52. The quantitative estimate of drug-likeness (QED) is 0.437. The van der Waals surface area contributed by atoms with E-state index in [0.29, 0.717) is 0 Å². The molecule has 2 aromatic carbocycles. The van der Waals surface area contributed by atoms with Crippen LogP contribution in [0.2, 0.25) is 0 Å². The van der Waals surface area contributed by atoms with Crippen molar-refractivity contribution in [2.24, 2.45) is 11.8 Å². The van der Waals surface area contributed by atoms with Gasteiger partial charge in [-0.1, -0.05) is 36.4 Å². The number of allylic oxidation sites excluding steroid dienone is 4. The Bertz CT molecular complexity index is 1240. The van der Waals surface area contributed by atoms with Gasteiger partial charge in [0.05, 0.1) is 11.0 Å². The second kappa shape index (κ2) is 9.45. The highest BCUT2D eigenvalue weighted by Crippen LogP contribution is 2.27. The van der Waals surface area contributed by atoms with Gasteiger partial charge in [0.2, 0.25) is 11.8 Å². The van der Waals surface area contributed by atoms with E-state index < -0.39 is 0 Å². The van der Waals surface area contributed by atoms with Crippen molar-refractivity contribution in [3.05, 3.63) is 66.8 Å². The number of rotatable bonds is 5. The van der Waals surface area contributed by atoms with Gasteiger partial charge in [-0.25, -0.2) is 4.98 Å². The van der Waals surface area contributed by atoms with E-state index in [0.717, 1.165) is 72.3 Å². The van der Waals surface area contributed by atoms with Gasteiger partial charge in [0.25, 0.3) is 0 Å². The molecule has 2 aliphatic rings. The van der Waals surface area contributed by atoms with Crippen molar-refractivity contribution in [1.82, 2.24) is 9.97 Å². The molecule has 2 amide bonds. The molecule has 3 aromatic rings. The molecule has 0 radical (unpaired) electrons. The molecule has 1 aromatic heterocycles. The van der Waals surface area contributed by atoms with Crippen molar-refractivity contribution in [2.75, 3.05) is 10.6 Å². The van der Waals surface area contributed by atoms with E-state index >= 15 is 0 Å². The minimum absolute atomic E-state index is 0.0307. The molecule has 6 heteroatoms. The van der Waals surface area contributed by atoms with Gasteiger partial charge in [-0.15, -0.1) is 0 Å². The molecule has 0 saturated heterocycles. The Labute approximate surface area is 193 Å². The predicted octanol–water partition coefficient (Wildman–Crippen LogP) is 5.82. The van der Waals surface area contributed by atoms with Crippen LogP contribution in [0, 0.1) is 11.8 Å². The van der Waals surface area contributed by atoms with Crippen LogP contribution in [0.4, 0.5) is 11.4 Å². The second-order valence-electron chi connectivity index (χ2n) is 8.84. The summed E-state index contributed by atoms with van der Waals surface area (Å²) in [6, 6.07) is 13.4. The summed E-state index contributed by atoms with van der Waals surface area (Å²) in [4.78, 5) is 33.2. The predicted molar refractivity (Wildman–Crippen MR) is 132 cm³/mol. The molecule has 33 heavy (non-hydrogen) atoms. The molecule has 2 atom stereocenters. The summed E-state index contributed by atoms with van der Waals surface area (Å²) in [5.41, 5.74) is 4.11. The standard InChI is InChI=1S/C27H28N4O2/c32-26(18-8-3-1-4-9-18)28-21-13-7-12-20(16-21)25-30-23-15-14-22(17-24(23)31-25)29-27(33)19-10-5-2-6-11-19/h1-3,5,7,12-19H,4,6,8-11H2,(H,28,32)(H,29,33)(H,30,31). The zero-order valence-electron chi connectivity index (χ0n) is 18.5. The Hall–Kier alpha value is -3.67. The van der Waals surface area contributed by atoms with Gasteiger partial charge in [0.1, 0.15) is 5.82 Å². The summed E-state index contributed by atoms with van der Waals surface area (Å²) in [6.45, 7) is 0. The third-order valence-electron chi connectivity index (χ3n) is 6.43. The molecule has 0 saturated carbocycles. The lowest BCUT2D eigenvalue weighted by atomic mass is 9.93. The first-order chi connectivity index (χ1) is 16.2. The van der Waals surface area contributed by atoms with Crippen LogP contribution in [0.25, 0.3) is 22.4 Å². The van der Waals surface area contributed by atoms with Gasteiger partial charge >= 0.3 is 0 Å². The lowest BCUT2D eigenvalue weighted by Crippen LogP contribution is -2.23. The fraction of sp³-hybridized carbons (Fsp3) is 0.296. The number of H-pyrrole nitrogens is 1. The van der Waals surface area contributed by atoms with Crippen LogP contribution in [-0.2, 0) is 9.59 Å². The third-order valence-corrected chi connectivity index (χ3v) is 6.43. The van der Waals surface area contributed by atoms with Crippen molar-refractivity contribution in [1.29, 1.82) is 0 Å². The molecule has 5 rings (SSSR count). The Balaban J connectivity index is 1.31. The Morgan fingerprint density at radius 3 is 2.12 bits per heavy atom. The average molecular weight is 441 g/mol. The van der Waals surface area contributed by atoms with E-state index in [1.54, 1.807) is 0 Å². The lowest BCUT2D eigenvalue weighted by molar-refractivity contribution is -0.120. The number of benzene rings is 2. The highest BCUT2D eigenvalue weighted by Gasteiger charge is 2.20. The SMILES string of the molecule is O=C(Nc1cccc(-c2nc3ccc(NC(=O)C4CC=CCC4)cc3[nH]2)c1)C1CC=CCC1. The largest absolute Gasteiger partial charge is 0.338 e. The number of anilines is 2. The van der Waals surface area contributed by atoms with E-state index in [2.05, 4.69) is 39.9 Å². The summed E-state index contributed by atoms with van der Waals surface area (Å²) in [6.07, 6.45) is 13.7. The summed E-state index contributed by atoms with van der Waals surface area (Å²) >= 11 is 0. The van der Waals surface area contributed by atoms with Gasteiger partial charge in [-0.05, 0) is 68.9 Å². The van der Waals surface area contributed by atoms with Gasteiger partial charge < -0.3 is 15.6 Å². The first kappa shape index (κ1) is 21.2. The molecular weight excluding hydrogens is 412 g/mol. The Morgan fingerprint density at radius 1 is 0.818 bits per heavy atom. The maximum absolute atomic E-state index is 12.6. The maximum atomic E-state index is 12.6. The van der Waals surface area contributed by atoms with Crippen molar-refractivity contribution in [3.8, 4) is 11.4 Å². The number of carbonyl (C=O) groups excluding carboxylic acids is 2. The van der Waals surface area contributed by atoms with E-state index in [1.807, 2.05) is 42.5 Å². The number of hydrogen-bond donors (Lipinski definition) is 3. The fourth-order valence-electron chi connectivity index (χ4n) is 4.52. The Morgan fingerprint density at radius 2 is 1.48 bits per heavy atom. The normalized spacial score (nSPS) is 20.0. The minimum atomic E-state index is 0.0307. The van der Waals surface area contributed by atoms with E-state index in [1.165, 1.54) is 0 Å². The van der Waals surface area contributed by atoms with Crippen LogP contribution >= 0.6 is 0 Å². The summed E-state index contributed by atoms with van der Waals surface area (Å²) in [7, 11) is 0. The molecule has 0 bridgehead atoms. The molecule has 2 unspecified atom stereocenters. The number of fused-ring (bicyclic) bond motifs is 1. The number of hydrogen-bond acceptors (Lipinski definition) is 3. The monoisotopic (exact) mass is 440 g/mol. The van der Waals surface area contributed by atoms with Crippen LogP contribution in [0.15, 0.2) is 66.8 Å². The number of nitrogens with one attached hydrogen (secondary N) is 3. The van der Waals surface area contributed by atoms with Crippen LogP contribution in [0.3, 0.4) is 0 Å². The van der Waals surface area contributed by atoms with Crippen LogP contribution in [-0.4, -0.2) is 21.8 Å². The van der Waals surface area contributed by atoms with E-state index in [-0.39, 0.29) is 23.7 Å². The highest BCUT2D eigenvalue weighted by molar-refractivity contribution is 5.95. The highest BCUT2D eigenvalue weighted by atomic mass is 16.2. The van der Waals surface area contributed by atoms with Crippen molar-refractivity contribution >= 4 is 34.2 Å². The second-order valence-corrected chi connectivity index (χ2v) is 8.84. The number of aromatic nitrogens is 2. The number of amides is 2. The maximum Gasteiger partial charge on any atom is 0.227 e. The molecule has 2 aliphatic carbocycles. The zero-order chi connectivity index (χ0) is 22.6. The molecule has 1 heterocycles. The lowest BCUT2D eigenvalue weighted by Gasteiger charge is -2.17. The molecule has 0 spiro atoms. The number of imidazole rings is 1. The van der Waals surface area contributed by atoms with Crippen LogP contribution in [0.1, 0.15) is 38.5 Å². The number of nitrogens with zero attached hydrogens (tertiary/aromatic N) is 1. The van der Waals surface area contributed by atoms with E-state index in [4.69, 9.17) is 4.98 Å². The summed E-state index contributed by atoms with van der Waals surface area (Å²) in [5, 5.41) is 6.09. The van der Waals surface area contributed by atoms with E-state index in [9.17, 15) is 9.59 Å². The molecule has 3 N–H and O–H groups in total. The van der Waals surface area contributed by atoms with Crippen LogP contribution in [0.5, 0.6) is 0 Å². The molecule has 168 valence electrons. The third kappa shape index (κ3) is 4.90. The van der Waals surface area contributed by atoms with Crippen molar-refractivity contribution in [3.63, 3.8) is 0 Å². The number of aromatic amines is 1. The average Bonchev–Trinajstić information content (AvgIpc) is 3.29. The topological polar surface area (TPSA) is 86.9 Å². The van der Waals surface area contributed by atoms with Crippen molar-refractivity contribution < 1.29 is 9.59 Å². The molecule has 0 fully saturated rings. The smallest absolute Gasteiger partial charge is 0.227 e. The van der Waals surface area contributed by atoms with Gasteiger partial charge in [0.15, 0.2) is 0 Å². The molecule has 6 nitrogen and oxygen atoms in total. The van der Waals surface area contributed by atoms with Crippen molar-refractivity contribution in [2.45, 2.75) is 38.5 Å². The first-order valence-corrected chi connectivity index (χ1v) is 11.7. The molecule has 0 aliphatic heterocycles. The van der Waals surface area contributed by atoms with Gasteiger partial charge in [0, 0.05) is 28.8 Å². The Kier molecular flexibility index (Phi) is 6.07.